The molecule has 0 nitrogen and oxygen atoms in total. The van der Waals surface area contributed by atoms with Gasteiger partial charge in [-0.05, 0) is 19.8 Å². The average Bonchev–Trinajstić information content (AvgIpc) is 2.11. The molecule has 0 atom stereocenters. The van der Waals surface area contributed by atoms with E-state index in [2.05, 4.69) is 0 Å². The van der Waals surface area contributed by atoms with E-state index in [4.69, 9.17) is 0 Å². The first-order valence-electron chi connectivity index (χ1n) is 4.83. The number of benzene rings is 1. The van der Waals surface area contributed by atoms with Gasteiger partial charge in [-0.3, -0.25) is 0 Å². The maximum Gasteiger partial charge on any atom is 0.132 e. The molecular weight excluding hydrogens is 201 g/mol. The van der Waals surface area contributed by atoms with Gasteiger partial charge in [0.15, 0.2) is 0 Å². The molecule has 1 aromatic carbocycles. The van der Waals surface area contributed by atoms with Crippen molar-refractivity contribution in [3.8, 4) is 0 Å². The summed E-state index contributed by atoms with van der Waals surface area (Å²) in [5.41, 5.74) is 0.806. The number of hydrogen-bond acceptors (Lipinski definition) is 0. The Balaban J connectivity index is 3.00. The van der Waals surface area contributed by atoms with Crippen molar-refractivity contribution in [3.05, 3.63) is 46.8 Å². The summed E-state index contributed by atoms with van der Waals surface area (Å²) in [6.07, 6.45) is 2.89. The van der Waals surface area contributed by atoms with Gasteiger partial charge in [0.1, 0.15) is 17.5 Å². The van der Waals surface area contributed by atoms with E-state index < -0.39 is 17.5 Å². The molecule has 0 radical (unpaired) electrons. The van der Waals surface area contributed by atoms with E-state index in [0.717, 1.165) is 12.0 Å². The van der Waals surface area contributed by atoms with Crippen LogP contribution in [0.15, 0.2) is 23.8 Å². The molecule has 0 saturated heterocycles. The van der Waals surface area contributed by atoms with Crippen LogP contribution in [0.2, 0.25) is 0 Å². The van der Waals surface area contributed by atoms with Crippen molar-refractivity contribution in [1.82, 2.24) is 0 Å². The third kappa shape index (κ3) is 3.11. The van der Waals surface area contributed by atoms with Crippen molar-refractivity contribution >= 4 is 0 Å². The SMILES string of the molecule is CC/C=C(\C)Cc1c(F)cc(F)cc1F. The number of halogens is 3. The van der Waals surface area contributed by atoms with Gasteiger partial charge < -0.3 is 0 Å². The molecule has 0 aliphatic carbocycles. The Morgan fingerprint density at radius 3 is 2.20 bits per heavy atom. The standard InChI is InChI=1S/C12H13F3/c1-3-4-8(2)5-10-11(14)6-9(13)7-12(10)15/h4,6-7H,3,5H2,1-2H3/b8-4+. The van der Waals surface area contributed by atoms with Crippen LogP contribution in [0.25, 0.3) is 0 Å². The van der Waals surface area contributed by atoms with Gasteiger partial charge in [-0.25, -0.2) is 13.2 Å². The Bertz CT molecular complexity index is 357. The monoisotopic (exact) mass is 214 g/mol. The fourth-order valence-corrected chi connectivity index (χ4v) is 1.44. The highest BCUT2D eigenvalue weighted by Gasteiger charge is 2.11. The molecule has 1 aromatic rings. The van der Waals surface area contributed by atoms with E-state index in [9.17, 15) is 13.2 Å². The molecule has 0 aliphatic rings. The van der Waals surface area contributed by atoms with Crippen LogP contribution in [-0.4, -0.2) is 0 Å². The molecule has 15 heavy (non-hydrogen) atoms. The minimum absolute atomic E-state index is 0.0707. The van der Waals surface area contributed by atoms with Crippen LogP contribution in [0.4, 0.5) is 13.2 Å². The molecule has 0 bridgehead atoms. The highest BCUT2D eigenvalue weighted by atomic mass is 19.1. The molecular formula is C12H13F3. The van der Waals surface area contributed by atoms with Gasteiger partial charge in [0.2, 0.25) is 0 Å². The molecule has 0 aromatic heterocycles. The molecule has 3 heteroatoms. The summed E-state index contributed by atoms with van der Waals surface area (Å²) in [7, 11) is 0. The van der Waals surface area contributed by atoms with Gasteiger partial charge in [0.25, 0.3) is 0 Å². The van der Waals surface area contributed by atoms with Gasteiger partial charge >= 0.3 is 0 Å². The maximum atomic E-state index is 13.2. The highest BCUT2D eigenvalue weighted by Crippen LogP contribution is 2.18. The Hall–Kier alpha value is -1.25. The molecule has 0 amide bonds. The van der Waals surface area contributed by atoms with Crippen molar-refractivity contribution in [2.45, 2.75) is 26.7 Å². The number of rotatable bonds is 3. The van der Waals surface area contributed by atoms with Crippen LogP contribution in [0.3, 0.4) is 0 Å². The average molecular weight is 214 g/mol. The fourth-order valence-electron chi connectivity index (χ4n) is 1.44. The van der Waals surface area contributed by atoms with Gasteiger partial charge in [-0.1, -0.05) is 18.6 Å². The van der Waals surface area contributed by atoms with Crippen LogP contribution < -0.4 is 0 Å². The van der Waals surface area contributed by atoms with Crippen molar-refractivity contribution in [1.29, 1.82) is 0 Å². The van der Waals surface area contributed by atoms with Crippen molar-refractivity contribution in [3.63, 3.8) is 0 Å². The molecule has 0 spiro atoms. The zero-order valence-electron chi connectivity index (χ0n) is 8.78. The molecule has 0 saturated carbocycles. The van der Waals surface area contributed by atoms with Crippen molar-refractivity contribution < 1.29 is 13.2 Å². The van der Waals surface area contributed by atoms with Crippen LogP contribution in [0.1, 0.15) is 25.8 Å². The second-order valence-electron chi connectivity index (χ2n) is 3.48. The predicted octanol–water partition coefficient (Wildman–Crippen LogP) is 4.00. The van der Waals surface area contributed by atoms with Gasteiger partial charge in [-0.15, -0.1) is 0 Å². The Labute approximate surface area is 87.4 Å². The molecule has 0 N–H and O–H groups in total. The molecule has 0 heterocycles. The summed E-state index contributed by atoms with van der Waals surface area (Å²) in [4.78, 5) is 0. The molecule has 0 fully saturated rings. The molecule has 1 rings (SSSR count). The van der Waals surface area contributed by atoms with E-state index in [-0.39, 0.29) is 12.0 Å². The normalized spacial score (nSPS) is 11.9. The quantitative estimate of drug-likeness (QED) is 0.667. The second-order valence-corrected chi connectivity index (χ2v) is 3.48. The Morgan fingerprint density at radius 2 is 1.73 bits per heavy atom. The largest absolute Gasteiger partial charge is 0.207 e. The summed E-state index contributed by atoms with van der Waals surface area (Å²) in [5, 5.41) is 0. The summed E-state index contributed by atoms with van der Waals surface area (Å²) in [5.74, 6) is -2.53. The van der Waals surface area contributed by atoms with Crippen molar-refractivity contribution in [2.75, 3.05) is 0 Å². The van der Waals surface area contributed by atoms with Crippen LogP contribution in [-0.2, 0) is 6.42 Å². The lowest BCUT2D eigenvalue weighted by Crippen LogP contribution is -1.98. The summed E-state index contributed by atoms with van der Waals surface area (Å²) in [6, 6.07) is 1.41. The predicted molar refractivity (Wildman–Crippen MR) is 54.1 cm³/mol. The zero-order valence-corrected chi connectivity index (χ0v) is 8.78. The number of hydrogen-bond donors (Lipinski definition) is 0. The van der Waals surface area contributed by atoms with E-state index >= 15 is 0 Å². The second kappa shape index (κ2) is 5.01. The lowest BCUT2D eigenvalue weighted by molar-refractivity contribution is 0.527. The van der Waals surface area contributed by atoms with E-state index in [0.29, 0.717) is 12.1 Å². The minimum atomic E-state index is -0.883. The van der Waals surface area contributed by atoms with E-state index in [1.165, 1.54) is 0 Å². The minimum Gasteiger partial charge on any atom is -0.207 e. The van der Waals surface area contributed by atoms with Crippen LogP contribution >= 0.6 is 0 Å². The van der Waals surface area contributed by atoms with Gasteiger partial charge in [0.05, 0.1) is 0 Å². The van der Waals surface area contributed by atoms with E-state index in [1.807, 2.05) is 13.0 Å². The van der Waals surface area contributed by atoms with Crippen LogP contribution in [0, 0.1) is 17.5 Å². The first-order chi connectivity index (χ1) is 7.04. The lowest BCUT2D eigenvalue weighted by Gasteiger charge is -2.05. The smallest absolute Gasteiger partial charge is 0.132 e. The summed E-state index contributed by atoms with van der Waals surface area (Å²) >= 11 is 0. The molecule has 82 valence electrons. The lowest BCUT2D eigenvalue weighted by atomic mass is 10.0. The van der Waals surface area contributed by atoms with Gasteiger partial charge in [-0.2, -0.15) is 0 Å². The third-order valence-electron chi connectivity index (χ3n) is 2.11. The molecule has 0 unspecified atom stereocenters. The summed E-state index contributed by atoms with van der Waals surface area (Å²) in [6.45, 7) is 3.74. The zero-order chi connectivity index (χ0) is 11.4. The maximum absolute atomic E-state index is 13.2. The number of allylic oxidation sites excluding steroid dienone is 2. The Morgan fingerprint density at radius 1 is 1.20 bits per heavy atom. The Kier molecular flexibility index (Phi) is 3.95. The topological polar surface area (TPSA) is 0 Å². The summed E-state index contributed by atoms with van der Waals surface area (Å²) < 4.78 is 39.0. The fraction of sp³-hybridized carbons (Fsp3) is 0.333. The van der Waals surface area contributed by atoms with E-state index in [1.54, 1.807) is 6.92 Å². The first-order valence-corrected chi connectivity index (χ1v) is 4.83. The molecule has 0 aliphatic heterocycles. The van der Waals surface area contributed by atoms with Crippen LogP contribution in [0.5, 0.6) is 0 Å². The first kappa shape index (κ1) is 11.8. The third-order valence-corrected chi connectivity index (χ3v) is 2.11. The highest BCUT2D eigenvalue weighted by molar-refractivity contribution is 5.25. The van der Waals surface area contributed by atoms with Gasteiger partial charge in [0, 0.05) is 17.7 Å². The van der Waals surface area contributed by atoms with Crippen molar-refractivity contribution in [2.24, 2.45) is 0 Å².